The van der Waals surface area contributed by atoms with Crippen molar-refractivity contribution < 1.29 is 19.4 Å². The van der Waals surface area contributed by atoms with E-state index in [0.717, 1.165) is 28.8 Å². The number of fused-ring (bicyclic) bond motifs is 1. The van der Waals surface area contributed by atoms with Crippen LogP contribution < -0.4 is 10.6 Å². The quantitative estimate of drug-likeness (QED) is 0.634. The molecule has 1 aromatic carbocycles. The molecule has 8 heteroatoms. The zero-order chi connectivity index (χ0) is 22.7. The Morgan fingerprint density at radius 3 is 2.94 bits per heavy atom. The first-order chi connectivity index (χ1) is 15.4. The molecule has 0 aromatic heterocycles. The van der Waals surface area contributed by atoms with E-state index in [1.54, 1.807) is 0 Å². The first-order valence-corrected chi connectivity index (χ1v) is 10.8. The molecule has 2 heterocycles. The number of benzene rings is 1. The molecular weight excluding hydrogens is 408 g/mol. The van der Waals surface area contributed by atoms with Gasteiger partial charge in [-0.3, -0.25) is 4.79 Å². The molecule has 1 aromatic rings. The summed E-state index contributed by atoms with van der Waals surface area (Å²) in [6, 6.07) is 9.49. The molecule has 168 valence electrons. The molecule has 4 unspecified atom stereocenters. The second-order valence-corrected chi connectivity index (χ2v) is 8.25. The van der Waals surface area contributed by atoms with Crippen molar-refractivity contribution in [3.8, 4) is 6.07 Å². The number of aliphatic hydroxyl groups is 1. The van der Waals surface area contributed by atoms with Crippen LogP contribution in [0.15, 0.2) is 54.6 Å². The van der Waals surface area contributed by atoms with Gasteiger partial charge in [-0.15, -0.1) is 0 Å². The molecule has 2 fully saturated rings. The van der Waals surface area contributed by atoms with Crippen molar-refractivity contribution in [3.05, 3.63) is 65.7 Å². The number of aliphatic hydroxyl groups excluding tert-OH is 1. The number of likely N-dealkylation sites (N-methyl/N-ethyl adjacent to an activating group) is 1. The highest BCUT2D eigenvalue weighted by atomic mass is 16.5. The predicted molar refractivity (Wildman–Crippen MR) is 119 cm³/mol. The predicted octanol–water partition coefficient (Wildman–Crippen LogP) is 1.06. The maximum Gasteiger partial charge on any atom is 0.251 e. The lowest BCUT2D eigenvalue weighted by atomic mass is 9.94. The van der Waals surface area contributed by atoms with Crippen LogP contribution in [-0.2, 0) is 20.7 Å². The zero-order valence-corrected chi connectivity index (χ0v) is 18.1. The fourth-order valence-corrected chi connectivity index (χ4v) is 4.03. The van der Waals surface area contributed by atoms with Crippen LogP contribution >= 0.6 is 0 Å². The van der Waals surface area contributed by atoms with Crippen molar-refractivity contribution in [2.24, 2.45) is 0 Å². The average molecular weight is 437 g/mol. The van der Waals surface area contributed by atoms with Crippen LogP contribution in [0.5, 0.6) is 0 Å². The Bertz CT molecular complexity index is 979. The van der Waals surface area contributed by atoms with Crippen LogP contribution in [0.25, 0.3) is 5.57 Å². The summed E-state index contributed by atoms with van der Waals surface area (Å²) < 4.78 is 11.2. The summed E-state index contributed by atoms with van der Waals surface area (Å²) in [6.45, 7) is 4.69. The highest BCUT2D eigenvalue weighted by molar-refractivity contribution is 5.81. The largest absolute Gasteiger partial charge is 0.469 e. The lowest BCUT2D eigenvalue weighted by Gasteiger charge is -2.19. The van der Waals surface area contributed by atoms with Crippen molar-refractivity contribution in [2.45, 2.75) is 37.2 Å². The Labute approximate surface area is 187 Å². The molecule has 4 rings (SSSR count). The molecule has 0 spiro atoms. The lowest BCUT2D eigenvalue weighted by Crippen LogP contribution is -2.46. The van der Waals surface area contributed by atoms with Crippen molar-refractivity contribution >= 4 is 11.5 Å². The van der Waals surface area contributed by atoms with Gasteiger partial charge < -0.3 is 30.1 Å². The Morgan fingerprint density at radius 2 is 2.19 bits per heavy atom. The van der Waals surface area contributed by atoms with Gasteiger partial charge in [-0.2, -0.15) is 5.26 Å². The SMILES string of the molecule is C=C1OC2CC=C(c3ccc(CC(C#N)NC(=O)C4CNCC(O)CO4)cc3)C=C2N1C. The fourth-order valence-electron chi connectivity index (χ4n) is 4.03. The molecule has 1 amide bonds. The third-order valence-corrected chi connectivity index (χ3v) is 5.92. The van der Waals surface area contributed by atoms with E-state index >= 15 is 0 Å². The van der Waals surface area contributed by atoms with E-state index in [-0.39, 0.29) is 18.6 Å². The number of carbonyl (C=O) groups excluding carboxylic acids is 1. The van der Waals surface area contributed by atoms with Crippen LogP contribution in [0.2, 0.25) is 0 Å². The number of amides is 1. The maximum absolute atomic E-state index is 12.5. The molecule has 2 saturated heterocycles. The molecule has 8 nitrogen and oxygen atoms in total. The van der Waals surface area contributed by atoms with Crippen LogP contribution in [-0.4, -0.2) is 67.0 Å². The maximum atomic E-state index is 12.5. The van der Waals surface area contributed by atoms with Gasteiger partial charge in [-0.1, -0.05) is 30.3 Å². The minimum atomic E-state index is -0.728. The molecule has 0 bridgehead atoms. The molecule has 1 aliphatic carbocycles. The van der Waals surface area contributed by atoms with E-state index in [0.29, 0.717) is 25.4 Å². The number of hydrogen-bond donors (Lipinski definition) is 3. The standard InChI is InChI=1S/C24H28N4O4/c1-15-28(2)21-10-18(7-8-22(21)32-15)17-5-3-16(4-6-17)9-19(11-25)27-24(30)23-13-26-12-20(29)14-31-23/h3-7,10,19-20,22-23,26,29H,1,8-9,12-14H2,2H3,(H,27,30). The van der Waals surface area contributed by atoms with E-state index in [4.69, 9.17) is 9.47 Å². The summed E-state index contributed by atoms with van der Waals surface area (Å²) in [6.07, 6.45) is 4.14. The Hall–Kier alpha value is -3.12. The summed E-state index contributed by atoms with van der Waals surface area (Å²) in [7, 11) is 1.95. The second kappa shape index (κ2) is 9.57. The van der Waals surface area contributed by atoms with Gasteiger partial charge in [-0.05, 0) is 29.4 Å². The van der Waals surface area contributed by atoms with Gasteiger partial charge in [0, 0.05) is 33.0 Å². The smallest absolute Gasteiger partial charge is 0.251 e. The number of allylic oxidation sites excluding steroid dienone is 2. The number of nitrogens with zero attached hydrogens (tertiary/aromatic N) is 2. The third kappa shape index (κ3) is 4.86. The van der Waals surface area contributed by atoms with Gasteiger partial charge in [-0.25, -0.2) is 0 Å². The normalized spacial score (nSPS) is 26.1. The first kappa shape index (κ1) is 22.1. The number of carbonyl (C=O) groups is 1. The molecular formula is C24H28N4O4. The third-order valence-electron chi connectivity index (χ3n) is 5.92. The molecule has 0 saturated carbocycles. The van der Waals surface area contributed by atoms with Crippen molar-refractivity contribution in [1.82, 2.24) is 15.5 Å². The van der Waals surface area contributed by atoms with Crippen molar-refractivity contribution in [2.75, 3.05) is 26.7 Å². The Balaban J connectivity index is 1.36. The zero-order valence-electron chi connectivity index (χ0n) is 18.1. The lowest BCUT2D eigenvalue weighted by molar-refractivity contribution is -0.133. The number of ether oxygens (including phenoxy) is 2. The minimum absolute atomic E-state index is 0.0337. The number of nitriles is 1. The minimum Gasteiger partial charge on any atom is -0.469 e. The van der Waals surface area contributed by atoms with Crippen LogP contribution in [0, 0.1) is 11.3 Å². The van der Waals surface area contributed by atoms with E-state index in [1.165, 1.54) is 0 Å². The van der Waals surface area contributed by atoms with E-state index in [2.05, 4.69) is 35.4 Å². The van der Waals surface area contributed by atoms with Gasteiger partial charge in [0.2, 0.25) is 0 Å². The van der Waals surface area contributed by atoms with Crippen LogP contribution in [0.3, 0.4) is 0 Å². The monoisotopic (exact) mass is 436 g/mol. The molecule has 3 N–H and O–H groups in total. The van der Waals surface area contributed by atoms with Crippen molar-refractivity contribution in [1.29, 1.82) is 5.26 Å². The summed E-state index contributed by atoms with van der Waals surface area (Å²) in [5, 5.41) is 24.9. The number of nitrogens with one attached hydrogen (secondary N) is 2. The van der Waals surface area contributed by atoms with Gasteiger partial charge in [0.05, 0.1) is 24.5 Å². The van der Waals surface area contributed by atoms with Crippen molar-refractivity contribution in [3.63, 3.8) is 0 Å². The van der Waals surface area contributed by atoms with Gasteiger partial charge in [0.1, 0.15) is 18.2 Å². The number of rotatable bonds is 5. The summed E-state index contributed by atoms with van der Waals surface area (Å²) in [5.41, 5.74) is 4.26. The molecule has 2 aliphatic heterocycles. The molecule has 32 heavy (non-hydrogen) atoms. The molecule has 0 radical (unpaired) electrons. The number of hydrogen-bond acceptors (Lipinski definition) is 7. The van der Waals surface area contributed by atoms with Crippen LogP contribution in [0.4, 0.5) is 0 Å². The van der Waals surface area contributed by atoms with Crippen LogP contribution in [0.1, 0.15) is 17.5 Å². The molecule has 3 aliphatic rings. The Morgan fingerprint density at radius 1 is 1.41 bits per heavy atom. The summed E-state index contributed by atoms with van der Waals surface area (Å²) in [4.78, 5) is 14.4. The van der Waals surface area contributed by atoms with E-state index in [9.17, 15) is 15.2 Å². The molecule has 4 atom stereocenters. The highest BCUT2D eigenvalue weighted by Crippen LogP contribution is 2.35. The van der Waals surface area contributed by atoms with Gasteiger partial charge >= 0.3 is 0 Å². The van der Waals surface area contributed by atoms with E-state index < -0.39 is 18.2 Å². The fraction of sp³-hybridized carbons (Fsp3) is 0.417. The highest BCUT2D eigenvalue weighted by Gasteiger charge is 2.31. The second-order valence-electron chi connectivity index (χ2n) is 8.25. The number of β-amino-alcohol motifs (C(OH)–C–C–N with tert-alkyl or cyclic N) is 1. The summed E-state index contributed by atoms with van der Waals surface area (Å²) >= 11 is 0. The van der Waals surface area contributed by atoms with Gasteiger partial charge in [0.15, 0.2) is 5.88 Å². The van der Waals surface area contributed by atoms with Gasteiger partial charge in [0.25, 0.3) is 5.91 Å². The Kier molecular flexibility index (Phi) is 6.61. The average Bonchev–Trinajstić information content (AvgIpc) is 2.94. The summed E-state index contributed by atoms with van der Waals surface area (Å²) in [5.74, 6) is 0.310. The topological polar surface area (TPSA) is 107 Å². The first-order valence-electron chi connectivity index (χ1n) is 10.8. The van der Waals surface area contributed by atoms with E-state index in [1.807, 2.05) is 36.2 Å².